The van der Waals surface area contributed by atoms with E-state index >= 15 is 0 Å². The standard InChI is InChI=1S/C14H22N2O/c1-16(2)12-5-3-6-13(11-12)17-14(9-10-15)7-4-8-14/h3,5-6,11H,4,7-10,15H2,1-2H3. The highest BCUT2D eigenvalue weighted by Crippen LogP contribution is 2.39. The topological polar surface area (TPSA) is 38.5 Å². The predicted molar refractivity (Wildman–Crippen MR) is 71.7 cm³/mol. The van der Waals surface area contributed by atoms with Crippen LogP contribution in [0, 0.1) is 0 Å². The fourth-order valence-electron chi connectivity index (χ4n) is 2.31. The maximum absolute atomic E-state index is 6.16. The lowest BCUT2D eigenvalue weighted by molar-refractivity contribution is -0.0124. The van der Waals surface area contributed by atoms with Crippen LogP contribution in [0.2, 0.25) is 0 Å². The number of rotatable bonds is 5. The number of nitrogens with two attached hydrogens (primary N) is 1. The molecule has 17 heavy (non-hydrogen) atoms. The van der Waals surface area contributed by atoms with Crippen molar-refractivity contribution < 1.29 is 4.74 Å². The van der Waals surface area contributed by atoms with E-state index in [4.69, 9.17) is 10.5 Å². The Bertz CT molecular complexity index is 372. The highest BCUT2D eigenvalue weighted by molar-refractivity contribution is 5.49. The van der Waals surface area contributed by atoms with Crippen LogP contribution in [0.4, 0.5) is 5.69 Å². The normalized spacial score (nSPS) is 17.4. The average molecular weight is 234 g/mol. The van der Waals surface area contributed by atoms with Gasteiger partial charge in [0.2, 0.25) is 0 Å². The Kier molecular flexibility index (Phi) is 3.57. The Hall–Kier alpha value is -1.22. The van der Waals surface area contributed by atoms with Gasteiger partial charge < -0.3 is 15.4 Å². The number of ether oxygens (including phenoxy) is 1. The summed E-state index contributed by atoms with van der Waals surface area (Å²) in [6.45, 7) is 0.702. The monoisotopic (exact) mass is 234 g/mol. The van der Waals surface area contributed by atoms with Crippen LogP contribution in [0.25, 0.3) is 0 Å². The van der Waals surface area contributed by atoms with Gasteiger partial charge in [0, 0.05) is 25.8 Å². The van der Waals surface area contributed by atoms with Crippen molar-refractivity contribution in [2.45, 2.75) is 31.3 Å². The van der Waals surface area contributed by atoms with Gasteiger partial charge in [-0.15, -0.1) is 0 Å². The maximum atomic E-state index is 6.16. The molecule has 1 aliphatic carbocycles. The molecule has 2 rings (SSSR count). The predicted octanol–water partition coefficient (Wildman–Crippen LogP) is 2.40. The molecular formula is C14H22N2O. The molecule has 1 aromatic rings. The molecule has 1 aliphatic rings. The van der Waals surface area contributed by atoms with E-state index in [2.05, 4.69) is 17.0 Å². The summed E-state index contributed by atoms with van der Waals surface area (Å²) in [4.78, 5) is 2.09. The Balaban J connectivity index is 2.09. The van der Waals surface area contributed by atoms with Gasteiger partial charge in [0.25, 0.3) is 0 Å². The number of nitrogens with zero attached hydrogens (tertiary/aromatic N) is 1. The molecule has 1 aromatic carbocycles. The second-order valence-corrected chi connectivity index (χ2v) is 5.07. The minimum atomic E-state index is 0.0136. The second-order valence-electron chi connectivity index (χ2n) is 5.07. The fourth-order valence-corrected chi connectivity index (χ4v) is 2.31. The van der Waals surface area contributed by atoms with E-state index in [1.54, 1.807) is 0 Å². The molecule has 0 aromatic heterocycles. The molecule has 94 valence electrons. The summed E-state index contributed by atoms with van der Waals surface area (Å²) >= 11 is 0. The van der Waals surface area contributed by atoms with Crippen molar-refractivity contribution in [3.63, 3.8) is 0 Å². The highest BCUT2D eigenvalue weighted by Gasteiger charge is 2.38. The first-order valence-corrected chi connectivity index (χ1v) is 6.32. The largest absolute Gasteiger partial charge is 0.487 e. The molecule has 0 radical (unpaired) electrons. The SMILES string of the molecule is CN(C)c1cccc(OC2(CCN)CCC2)c1. The number of hydrogen-bond acceptors (Lipinski definition) is 3. The van der Waals surface area contributed by atoms with Gasteiger partial charge in [-0.3, -0.25) is 0 Å². The van der Waals surface area contributed by atoms with Crippen molar-refractivity contribution in [3.05, 3.63) is 24.3 Å². The van der Waals surface area contributed by atoms with Crippen LogP contribution in [0.1, 0.15) is 25.7 Å². The van der Waals surface area contributed by atoms with E-state index < -0.39 is 0 Å². The molecule has 0 atom stereocenters. The van der Waals surface area contributed by atoms with Gasteiger partial charge in [-0.1, -0.05) is 6.07 Å². The summed E-state index contributed by atoms with van der Waals surface area (Å²) < 4.78 is 6.16. The van der Waals surface area contributed by atoms with Crippen LogP contribution in [0.3, 0.4) is 0 Å². The molecule has 3 heteroatoms. The van der Waals surface area contributed by atoms with Crippen LogP contribution < -0.4 is 15.4 Å². The van der Waals surface area contributed by atoms with E-state index in [0.717, 1.165) is 25.0 Å². The van der Waals surface area contributed by atoms with Gasteiger partial charge in [-0.2, -0.15) is 0 Å². The number of hydrogen-bond donors (Lipinski definition) is 1. The van der Waals surface area contributed by atoms with Crippen molar-refractivity contribution in [1.29, 1.82) is 0 Å². The van der Waals surface area contributed by atoms with E-state index in [-0.39, 0.29) is 5.60 Å². The third-order valence-electron chi connectivity index (χ3n) is 3.53. The lowest BCUT2D eigenvalue weighted by Gasteiger charge is -2.42. The minimum Gasteiger partial charge on any atom is -0.487 e. The van der Waals surface area contributed by atoms with Crippen molar-refractivity contribution in [2.75, 3.05) is 25.5 Å². The quantitative estimate of drug-likeness (QED) is 0.850. The summed E-state index contributed by atoms with van der Waals surface area (Å²) in [5.41, 5.74) is 6.85. The number of benzene rings is 1. The van der Waals surface area contributed by atoms with Gasteiger partial charge in [0.1, 0.15) is 11.4 Å². The van der Waals surface area contributed by atoms with E-state index in [0.29, 0.717) is 6.54 Å². The van der Waals surface area contributed by atoms with E-state index in [1.807, 2.05) is 26.2 Å². The zero-order chi connectivity index (χ0) is 12.3. The summed E-state index contributed by atoms with van der Waals surface area (Å²) in [5, 5.41) is 0. The molecular weight excluding hydrogens is 212 g/mol. The first-order valence-electron chi connectivity index (χ1n) is 6.32. The summed E-state index contributed by atoms with van der Waals surface area (Å²) in [6, 6.07) is 8.25. The second kappa shape index (κ2) is 4.96. The molecule has 1 saturated carbocycles. The number of anilines is 1. The first kappa shape index (κ1) is 12.2. The maximum Gasteiger partial charge on any atom is 0.122 e. The molecule has 3 nitrogen and oxygen atoms in total. The summed E-state index contributed by atoms with van der Waals surface area (Å²) in [6.07, 6.45) is 4.49. The Labute approximate surface area is 104 Å². The molecule has 0 unspecified atom stereocenters. The molecule has 0 bridgehead atoms. The van der Waals surface area contributed by atoms with Crippen LogP contribution in [0.15, 0.2) is 24.3 Å². The third-order valence-corrected chi connectivity index (χ3v) is 3.53. The molecule has 0 amide bonds. The smallest absolute Gasteiger partial charge is 0.122 e. The van der Waals surface area contributed by atoms with Crippen molar-refractivity contribution in [3.8, 4) is 5.75 Å². The molecule has 0 spiro atoms. The van der Waals surface area contributed by atoms with Crippen molar-refractivity contribution >= 4 is 5.69 Å². The first-order chi connectivity index (χ1) is 8.15. The van der Waals surface area contributed by atoms with Gasteiger partial charge in [-0.05, 0) is 44.4 Å². The lowest BCUT2D eigenvalue weighted by atomic mass is 9.77. The van der Waals surface area contributed by atoms with Crippen LogP contribution >= 0.6 is 0 Å². The van der Waals surface area contributed by atoms with Crippen LogP contribution in [0.5, 0.6) is 5.75 Å². The van der Waals surface area contributed by atoms with Gasteiger partial charge >= 0.3 is 0 Å². The minimum absolute atomic E-state index is 0.0136. The van der Waals surface area contributed by atoms with Crippen LogP contribution in [-0.2, 0) is 0 Å². The van der Waals surface area contributed by atoms with Gasteiger partial charge in [-0.25, -0.2) is 0 Å². The average Bonchev–Trinajstić information content (AvgIpc) is 2.26. The molecule has 2 N–H and O–H groups in total. The summed E-state index contributed by atoms with van der Waals surface area (Å²) in [5.74, 6) is 0.962. The fraction of sp³-hybridized carbons (Fsp3) is 0.571. The van der Waals surface area contributed by atoms with Crippen LogP contribution in [-0.4, -0.2) is 26.2 Å². The Morgan fingerprint density at radius 3 is 2.65 bits per heavy atom. The zero-order valence-corrected chi connectivity index (χ0v) is 10.8. The Morgan fingerprint density at radius 2 is 2.12 bits per heavy atom. The van der Waals surface area contributed by atoms with Crippen molar-refractivity contribution in [2.24, 2.45) is 5.73 Å². The lowest BCUT2D eigenvalue weighted by Crippen LogP contribution is -2.44. The molecule has 0 saturated heterocycles. The third kappa shape index (κ3) is 2.72. The molecule has 1 fully saturated rings. The van der Waals surface area contributed by atoms with E-state index in [9.17, 15) is 0 Å². The van der Waals surface area contributed by atoms with Crippen molar-refractivity contribution in [1.82, 2.24) is 0 Å². The zero-order valence-electron chi connectivity index (χ0n) is 10.8. The summed E-state index contributed by atoms with van der Waals surface area (Å²) in [7, 11) is 4.08. The molecule has 0 aliphatic heterocycles. The molecule has 0 heterocycles. The Morgan fingerprint density at radius 1 is 1.35 bits per heavy atom. The highest BCUT2D eigenvalue weighted by atomic mass is 16.5. The van der Waals surface area contributed by atoms with E-state index in [1.165, 1.54) is 12.1 Å². The van der Waals surface area contributed by atoms with Gasteiger partial charge in [0.15, 0.2) is 0 Å². The van der Waals surface area contributed by atoms with Gasteiger partial charge in [0.05, 0.1) is 0 Å².